The zero-order chi connectivity index (χ0) is 23.1. The van der Waals surface area contributed by atoms with Crippen LogP contribution in [0, 0.1) is 6.92 Å². The minimum absolute atomic E-state index is 0.179. The van der Waals surface area contributed by atoms with E-state index in [4.69, 9.17) is 23.2 Å². The lowest BCUT2D eigenvalue weighted by Gasteiger charge is -2.05. The molecule has 0 saturated heterocycles. The number of rotatable bonds is 10. The fourth-order valence-electron chi connectivity index (χ4n) is 2.54. The smallest absolute Gasteiger partial charge is 0.240 e. The van der Waals surface area contributed by atoms with Crippen molar-refractivity contribution in [1.82, 2.24) is 14.9 Å². The molecule has 0 aliphatic rings. The lowest BCUT2D eigenvalue weighted by molar-refractivity contribution is -0.113. The van der Waals surface area contributed by atoms with Gasteiger partial charge in [-0.25, -0.2) is 13.1 Å². The summed E-state index contributed by atoms with van der Waals surface area (Å²) >= 11 is 14.5. The number of carbonyl (C=O) groups excluding carboxylic acids is 1. The summed E-state index contributed by atoms with van der Waals surface area (Å²) in [5.74, 6) is 0.663. The number of sulfonamides is 1. The Morgan fingerprint density at radius 3 is 2.56 bits per heavy atom. The van der Waals surface area contributed by atoms with Crippen molar-refractivity contribution in [2.24, 2.45) is 0 Å². The fourth-order valence-corrected chi connectivity index (χ4v) is 5.43. The standard InChI is InChI=1S/C20H20Cl2N4O3S3/c1-13-2-5-15(6-3-13)32(28,29)23-9-8-19-25-26-20(31-19)24-18(27)12-30-11-14-4-7-16(21)17(22)10-14/h2-7,10,23H,8-9,11-12H2,1H3,(H,24,26,27). The summed E-state index contributed by atoms with van der Waals surface area (Å²) in [6.45, 7) is 2.07. The van der Waals surface area contributed by atoms with Crippen LogP contribution in [-0.2, 0) is 27.0 Å². The zero-order valence-electron chi connectivity index (χ0n) is 17.0. The van der Waals surface area contributed by atoms with Gasteiger partial charge in [0, 0.05) is 18.7 Å². The first kappa shape index (κ1) is 24.9. The van der Waals surface area contributed by atoms with Crippen LogP contribution in [0.3, 0.4) is 0 Å². The van der Waals surface area contributed by atoms with E-state index in [1.807, 2.05) is 13.0 Å². The number of nitrogens with one attached hydrogen (secondary N) is 2. The first-order valence-corrected chi connectivity index (χ1v) is 13.6. The van der Waals surface area contributed by atoms with Crippen molar-refractivity contribution in [2.75, 3.05) is 17.6 Å². The first-order valence-electron chi connectivity index (χ1n) is 9.43. The van der Waals surface area contributed by atoms with E-state index in [0.717, 1.165) is 11.1 Å². The number of hydrogen-bond acceptors (Lipinski definition) is 7. The van der Waals surface area contributed by atoms with E-state index < -0.39 is 10.0 Å². The van der Waals surface area contributed by atoms with Gasteiger partial charge in [0.15, 0.2) is 0 Å². The van der Waals surface area contributed by atoms with Crippen LogP contribution < -0.4 is 10.0 Å². The second-order valence-corrected chi connectivity index (χ2v) is 11.4. The molecule has 0 saturated carbocycles. The van der Waals surface area contributed by atoms with Gasteiger partial charge in [0.05, 0.1) is 20.7 Å². The molecule has 0 fully saturated rings. The molecule has 170 valence electrons. The summed E-state index contributed by atoms with van der Waals surface area (Å²) in [5, 5.41) is 12.6. The molecule has 0 aliphatic carbocycles. The second-order valence-electron chi connectivity index (χ2n) is 6.75. The summed E-state index contributed by atoms with van der Waals surface area (Å²) in [6.07, 6.45) is 0.366. The lowest BCUT2D eigenvalue weighted by Crippen LogP contribution is -2.25. The summed E-state index contributed by atoms with van der Waals surface area (Å²) in [5.41, 5.74) is 1.96. The van der Waals surface area contributed by atoms with Crippen molar-refractivity contribution in [3.05, 3.63) is 68.6 Å². The molecule has 0 bridgehead atoms. The molecule has 32 heavy (non-hydrogen) atoms. The molecule has 2 N–H and O–H groups in total. The number of aromatic nitrogens is 2. The third-order valence-electron chi connectivity index (χ3n) is 4.16. The Morgan fingerprint density at radius 1 is 1.09 bits per heavy atom. The highest BCUT2D eigenvalue weighted by molar-refractivity contribution is 7.99. The van der Waals surface area contributed by atoms with Gasteiger partial charge >= 0.3 is 0 Å². The zero-order valence-corrected chi connectivity index (χ0v) is 20.9. The van der Waals surface area contributed by atoms with Gasteiger partial charge in [-0.3, -0.25) is 10.1 Å². The molecule has 7 nitrogen and oxygen atoms in total. The van der Waals surface area contributed by atoms with Crippen LogP contribution in [0.5, 0.6) is 0 Å². The number of hydrogen-bond donors (Lipinski definition) is 2. The summed E-state index contributed by atoms with van der Waals surface area (Å²) in [6, 6.07) is 12.0. The van der Waals surface area contributed by atoms with Gasteiger partial charge in [0.1, 0.15) is 5.01 Å². The topological polar surface area (TPSA) is 101 Å². The molecule has 1 aromatic heterocycles. The predicted octanol–water partition coefficient (Wildman–Crippen LogP) is 4.55. The number of benzene rings is 2. The molecule has 0 radical (unpaired) electrons. The number of nitrogens with zero attached hydrogens (tertiary/aromatic N) is 2. The Morgan fingerprint density at radius 2 is 1.84 bits per heavy atom. The molecule has 0 aliphatic heterocycles. The molecule has 12 heteroatoms. The number of halogens is 2. The Hall–Kier alpha value is -1.69. The first-order chi connectivity index (χ1) is 15.2. The maximum absolute atomic E-state index is 12.3. The van der Waals surface area contributed by atoms with Crippen LogP contribution in [0.1, 0.15) is 16.1 Å². The van der Waals surface area contributed by atoms with Gasteiger partial charge in [-0.2, -0.15) is 0 Å². The quantitative estimate of drug-likeness (QED) is 0.398. The van der Waals surface area contributed by atoms with Crippen LogP contribution in [-0.4, -0.2) is 36.8 Å². The van der Waals surface area contributed by atoms with E-state index in [1.165, 1.54) is 23.1 Å². The SMILES string of the molecule is Cc1ccc(S(=O)(=O)NCCc2nnc(NC(=O)CSCc3ccc(Cl)c(Cl)c3)s2)cc1. The van der Waals surface area contributed by atoms with Crippen molar-refractivity contribution in [3.8, 4) is 0 Å². The molecular formula is C20H20Cl2N4O3S3. The van der Waals surface area contributed by atoms with Crippen molar-refractivity contribution < 1.29 is 13.2 Å². The average molecular weight is 532 g/mol. The van der Waals surface area contributed by atoms with E-state index in [2.05, 4.69) is 20.2 Å². The van der Waals surface area contributed by atoms with E-state index in [0.29, 0.717) is 32.4 Å². The van der Waals surface area contributed by atoms with Gasteiger partial charge in [0.25, 0.3) is 0 Å². The molecule has 3 aromatic rings. The number of aryl methyl sites for hydroxylation is 1. The number of anilines is 1. The molecule has 1 heterocycles. The van der Waals surface area contributed by atoms with Crippen molar-refractivity contribution >= 4 is 67.4 Å². The third-order valence-corrected chi connectivity index (χ3v) is 8.28. The Labute approximate surface area is 205 Å². The average Bonchev–Trinajstić information content (AvgIpc) is 3.18. The highest BCUT2D eigenvalue weighted by atomic mass is 35.5. The van der Waals surface area contributed by atoms with Gasteiger partial charge in [0.2, 0.25) is 21.1 Å². The maximum Gasteiger partial charge on any atom is 0.240 e. The molecular weight excluding hydrogens is 511 g/mol. The van der Waals surface area contributed by atoms with Crippen molar-refractivity contribution in [1.29, 1.82) is 0 Å². The van der Waals surface area contributed by atoms with Crippen molar-refractivity contribution in [2.45, 2.75) is 24.0 Å². The van der Waals surface area contributed by atoms with Crippen LogP contribution in [0.4, 0.5) is 5.13 Å². The highest BCUT2D eigenvalue weighted by Gasteiger charge is 2.14. The minimum Gasteiger partial charge on any atom is -0.300 e. The Balaban J connectivity index is 1.41. The van der Waals surface area contributed by atoms with E-state index >= 15 is 0 Å². The van der Waals surface area contributed by atoms with Crippen LogP contribution in [0.15, 0.2) is 47.4 Å². The predicted molar refractivity (Wildman–Crippen MR) is 131 cm³/mol. The van der Waals surface area contributed by atoms with E-state index in [-0.39, 0.29) is 23.1 Å². The lowest BCUT2D eigenvalue weighted by atomic mass is 10.2. The minimum atomic E-state index is -3.58. The summed E-state index contributed by atoms with van der Waals surface area (Å²) in [7, 11) is -3.58. The normalized spacial score (nSPS) is 11.5. The Bertz CT molecular complexity index is 1190. The van der Waals surface area contributed by atoms with Crippen LogP contribution in [0.25, 0.3) is 0 Å². The fraction of sp³-hybridized carbons (Fsp3) is 0.250. The van der Waals surface area contributed by atoms with Gasteiger partial charge in [-0.1, -0.05) is 58.3 Å². The van der Waals surface area contributed by atoms with Crippen LogP contribution in [0.2, 0.25) is 10.0 Å². The van der Waals surface area contributed by atoms with Gasteiger partial charge < -0.3 is 0 Å². The molecule has 0 atom stereocenters. The highest BCUT2D eigenvalue weighted by Crippen LogP contribution is 2.25. The Kier molecular flexibility index (Phi) is 8.92. The molecule has 2 aromatic carbocycles. The summed E-state index contributed by atoms with van der Waals surface area (Å²) < 4.78 is 27.2. The third kappa shape index (κ3) is 7.43. The van der Waals surface area contributed by atoms with E-state index in [1.54, 1.807) is 36.4 Å². The second kappa shape index (κ2) is 11.4. The van der Waals surface area contributed by atoms with E-state index in [9.17, 15) is 13.2 Å². The molecule has 3 rings (SSSR count). The maximum atomic E-state index is 12.3. The number of carbonyl (C=O) groups is 1. The van der Waals surface area contributed by atoms with Gasteiger partial charge in [-0.05, 0) is 36.8 Å². The van der Waals surface area contributed by atoms with Crippen molar-refractivity contribution in [3.63, 3.8) is 0 Å². The largest absolute Gasteiger partial charge is 0.300 e. The number of thioether (sulfide) groups is 1. The molecule has 0 unspecified atom stereocenters. The monoisotopic (exact) mass is 530 g/mol. The summed E-state index contributed by atoms with van der Waals surface area (Å²) in [4.78, 5) is 12.3. The molecule has 0 spiro atoms. The van der Waals surface area contributed by atoms with Gasteiger partial charge in [-0.15, -0.1) is 22.0 Å². The van der Waals surface area contributed by atoms with Crippen LogP contribution >= 0.6 is 46.3 Å². The number of amides is 1. The molecule has 1 amide bonds.